The smallest absolute Gasteiger partial charge is 0.336 e. The number of furan rings is 1. The summed E-state index contributed by atoms with van der Waals surface area (Å²) in [6, 6.07) is 6.74. The van der Waals surface area contributed by atoms with E-state index in [1.165, 1.54) is 6.07 Å². The lowest BCUT2D eigenvalue weighted by molar-refractivity contribution is -0.201. The van der Waals surface area contributed by atoms with E-state index in [4.69, 9.17) is 18.4 Å². The van der Waals surface area contributed by atoms with Crippen LogP contribution in [0, 0.1) is 11.8 Å². The van der Waals surface area contributed by atoms with Crippen molar-refractivity contribution in [3.63, 3.8) is 0 Å². The van der Waals surface area contributed by atoms with Crippen molar-refractivity contribution in [1.82, 2.24) is 5.06 Å². The van der Waals surface area contributed by atoms with Crippen molar-refractivity contribution < 1.29 is 32.8 Å². The van der Waals surface area contributed by atoms with Crippen molar-refractivity contribution in [2.45, 2.75) is 38.5 Å². The lowest BCUT2D eigenvalue weighted by atomic mass is 9.82. The SMILES string of the molecule is O=C(ON1C(=O)CCC1=O)C1CCC(COc2c3occc3cc3ccc(=O)oc23)CC1. The average Bonchev–Trinajstić information content (AvgIpc) is 3.39. The summed E-state index contributed by atoms with van der Waals surface area (Å²) < 4.78 is 17.0. The summed E-state index contributed by atoms with van der Waals surface area (Å²) in [5.74, 6) is -1.27. The summed E-state index contributed by atoms with van der Waals surface area (Å²) in [5, 5.41) is 2.19. The van der Waals surface area contributed by atoms with Crippen LogP contribution >= 0.6 is 0 Å². The van der Waals surface area contributed by atoms with E-state index in [2.05, 4.69) is 0 Å². The van der Waals surface area contributed by atoms with Crippen LogP contribution in [0.1, 0.15) is 38.5 Å². The normalized spacial score (nSPS) is 21.4. The van der Waals surface area contributed by atoms with Gasteiger partial charge in [-0.05, 0) is 49.8 Å². The quantitative estimate of drug-likeness (QED) is 0.439. The minimum atomic E-state index is -0.541. The Kier molecular flexibility index (Phi) is 5.16. The van der Waals surface area contributed by atoms with Crippen molar-refractivity contribution >= 4 is 39.7 Å². The fraction of sp³-hybridized carbons (Fsp3) is 0.391. The molecule has 0 radical (unpaired) electrons. The van der Waals surface area contributed by atoms with E-state index < -0.39 is 23.4 Å². The van der Waals surface area contributed by atoms with Crippen molar-refractivity contribution in [1.29, 1.82) is 0 Å². The first-order valence-corrected chi connectivity index (χ1v) is 10.6. The Hall–Kier alpha value is -3.62. The largest absolute Gasteiger partial charge is 0.486 e. The second kappa shape index (κ2) is 8.14. The van der Waals surface area contributed by atoms with Crippen molar-refractivity contribution in [2.75, 3.05) is 6.61 Å². The van der Waals surface area contributed by atoms with Crippen LogP contribution in [-0.2, 0) is 19.2 Å². The minimum absolute atomic E-state index is 0.0768. The number of nitrogens with zero attached hydrogens (tertiary/aromatic N) is 1. The van der Waals surface area contributed by atoms with Gasteiger partial charge in [0.2, 0.25) is 5.75 Å². The molecule has 0 bridgehead atoms. The van der Waals surface area contributed by atoms with E-state index in [9.17, 15) is 19.2 Å². The molecule has 9 heteroatoms. The molecule has 0 N–H and O–H groups in total. The summed E-state index contributed by atoms with van der Waals surface area (Å²) in [6.45, 7) is 0.373. The number of carbonyl (C=O) groups is 3. The van der Waals surface area contributed by atoms with Gasteiger partial charge in [-0.15, -0.1) is 5.06 Å². The third kappa shape index (κ3) is 3.74. The number of hydrogen-bond donors (Lipinski definition) is 0. The molecule has 166 valence electrons. The summed E-state index contributed by atoms with van der Waals surface area (Å²) >= 11 is 0. The van der Waals surface area contributed by atoms with Gasteiger partial charge in [0.05, 0.1) is 18.8 Å². The Balaban J connectivity index is 1.23. The predicted molar refractivity (Wildman–Crippen MR) is 110 cm³/mol. The highest BCUT2D eigenvalue weighted by atomic mass is 16.7. The molecule has 2 fully saturated rings. The van der Waals surface area contributed by atoms with E-state index in [-0.39, 0.29) is 24.7 Å². The molecule has 2 aliphatic rings. The molecule has 1 aromatic carbocycles. The highest BCUT2D eigenvalue weighted by Gasteiger charge is 2.36. The molecule has 1 saturated carbocycles. The fourth-order valence-corrected chi connectivity index (χ4v) is 4.33. The lowest BCUT2D eigenvalue weighted by Gasteiger charge is -2.27. The first-order chi connectivity index (χ1) is 15.5. The maximum absolute atomic E-state index is 12.4. The maximum atomic E-state index is 12.4. The van der Waals surface area contributed by atoms with Crippen molar-refractivity contribution in [2.24, 2.45) is 11.8 Å². The molecule has 1 saturated heterocycles. The zero-order valence-electron chi connectivity index (χ0n) is 17.2. The van der Waals surface area contributed by atoms with Crippen LogP contribution in [0.4, 0.5) is 0 Å². The van der Waals surface area contributed by atoms with Gasteiger partial charge < -0.3 is 18.4 Å². The Bertz CT molecular complexity index is 1250. The van der Waals surface area contributed by atoms with Gasteiger partial charge in [-0.1, -0.05) is 0 Å². The van der Waals surface area contributed by atoms with Crippen molar-refractivity contribution in [3.8, 4) is 5.75 Å². The summed E-state index contributed by atoms with van der Waals surface area (Å²) in [5.41, 5.74) is 0.392. The van der Waals surface area contributed by atoms with E-state index in [0.717, 1.165) is 23.6 Å². The van der Waals surface area contributed by atoms with Gasteiger partial charge in [0.25, 0.3) is 11.8 Å². The van der Waals surface area contributed by atoms with Gasteiger partial charge in [-0.25, -0.2) is 9.59 Å². The first-order valence-electron chi connectivity index (χ1n) is 10.6. The van der Waals surface area contributed by atoms with Crippen molar-refractivity contribution in [3.05, 3.63) is 40.9 Å². The van der Waals surface area contributed by atoms with E-state index in [0.29, 0.717) is 41.4 Å². The standard InChI is InChI=1S/C23H21NO8/c25-17-6-7-18(26)24(17)32-23(28)14-3-1-13(2-4-14)12-30-22-20-16(9-10-29-20)11-15-5-8-19(27)31-21(15)22/h5,8-11,13-14H,1-4,6-7,12H2. The number of amides is 2. The molecular weight excluding hydrogens is 418 g/mol. The molecule has 1 aliphatic heterocycles. The monoisotopic (exact) mass is 439 g/mol. The van der Waals surface area contributed by atoms with Gasteiger partial charge >= 0.3 is 11.6 Å². The predicted octanol–water partition coefficient (Wildman–Crippen LogP) is 3.33. The third-order valence-corrected chi connectivity index (χ3v) is 6.11. The number of hydrogen-bond acceptors (Lipinski definition) is 8. The molecule has 1 aliphatic carbocycles. The van der Waals surface area contributed by atoms with Gasteiger partial charge in [0.15, 0.2) is 11.2 Å². The van der Waals surface area contributed by atoms with Crippen LogP contribution in [0.15, 0.2) is 44.2 Å². The van der Waals surface area contributed by atoms with Crippen LogP contribution in [0.2, 0.25) is 0 Å². The zero-order valence-corrected chi connectivity index (χ0v) is 17.2. The van der Waals surface area contributed by atoms with Crippen LogP contribution in [0.3, 0.4) is 0 Å². The Morgan fingerprint density at radius 1 is 0.969 bits per heavy atom. The van der Waals surface area contributed by atoms with Gasteiger partial charge in [-0.2, -0.15) is 0 Å². The second-order valence-electron chi connectivity index (χ2n) is 8.24. The van der Waals surface area contributed by atoms with Crippen LogP contribution in [-0.4, -0.2) is 29.5 Å². The molecule has 32 heavy (non-hydrogen) atoms. The highest BCUT2D eigenvalue weighted by molar-refractivity contribution is 6.02. The third-order valence-electron chi connectivity index (χ3n) is 6.11. The number of benzene rings is 1. The van der Waals surface area contributed by atoms with E-state index >= 15 is 0 Å². The molecule has 9 nitrogen and oxygen atoms in total. The summed E-state index contributed by atoms with van der Waals surface area (Å²) in [7, 11) is 0. The molecule has 5 rings (SSSR count). The first kappa shape index (κ1) is 20.3. The number of fused-ring (bicyclic) bond motifs is 2. The van der Waals surface area contributed by atoms with E-state index in [1.807, 2.05) is 12.1 Å². The second-order valence-corrected chi connectivity index (χ2v) is 8.24. The molecular formula is C23H21NO8. The fourth-order valence-electron chi connectivity index (χ4n) is 4.33. The van der Waals surface area contributed by atoms with Crippen LogP contribution in [0.25, 0.3) is 21.9 Å². The molecule has 3 aromatic rings. The number of carbonyl (C=O) groups excluding carboxylic acids is 3. The molecule has 0 unspecified atom stereocenters. The minimum Gasteiger partial charge on any atom is -0.486 e. The number of rotatable bonds is 5. The maximum Gasteiger partial charge on any atom is 0.336 e. The average molecular weight is 439 g/mol. The topological polar surface area (TPSA) is 116 Å². The lowest BCUT2D eigenvalue weighted by Crippen LogP contribution is -2.36. The number of hydroxylamine groups is 2. The van der Waals surface area contributed by atoms with Gasteiger partial charge in [0.1, 0.15) is 0 Å². The number of imide groups is 1. The molecule has 2 amide bonds. The molecule has 3 heterocycles. The molecule has 2 aromatic heterocycles. The Morgan fingerprint density at radius 2 is 1.69 bits per heavy atom. The van der Waals surface area contributed by atoms with Crippen LogP contribution < -0.4 is 10.4 Å². The van der Waals surface area contributed by atoms with Gasteiger partial charge in [0, 0.05) is 29.7 Å². The number of ether oxygens (including phenoxy) is 1. The van der Waals surface area contributed by atoms with E-state index in [1.54, 1.807) is 12.3 Å². The van der Waals surface area contributed by atoms with Gasteiger partial charge in [-0.3, -0.25) is 9.59 Å². The highest BCUT2D eigenvalue weighted by Crippen LogP contribution is 2.37. The summed E-state index contributed by atoms with van der Waals surface area (Å²) in [4.78, 5) is 52.4. The Morgan fingerprint density at radius 3 is 2.44 bits per heavy atom. The molecule has 0 atom stereocenters. The Labute approximate surface area is 181 Å². The van der Waals surface area contributed by atoms with Crippen LogP contribution in [0.5, 0.6) is 5.75 Å². The summed E-state index contributed by atoms with van der Waals surface area (Å²) in [6.07, 6.45) is 4.30. The molecule has 0 spiro atoms. The zero-order chi connectivity index (χ0) is 22.2.